The summed E-state index contributed by atoms with van der Waals surface area (Å²) in [6.45, 7) is 2.21. The minimum Gasteiger partial charge on any atom is -0.391 e. The number of H-pyrrole nitrogens is 1. The average Bonchev–Trinajstić information content (AvgIpc) is 3.11. The number of hydrogen-bond acceptors (Lipinski definition) is 3. The summed E-state index contributed by atoms with van der Waals surface area (Å²) in [6, 6.07) is 16.7. The lowest BCUT2D eigenvalue weighted by atomic mass is 9.87. The number of piperidine rings is 1. The van der Waals surface area contributed by atoms with E-state index in [2.05, 4.69) is 27.2 Å². The molecule has 1 aliphatic heterocycles. The molecule has 4 rings (SSSR count). The lowest BCUT2D eigenvalue weighted by molar-refractivity contribution is 0.0477. The van der Waals surface area contributed by atoms with Crippen molar-refractivity contribution < 1.29 is 9.50 Å². The molecule has 4 nitrogen and oxygen atoms in total. The Labute approximate surface area is 152 Å². The van der Waals surface area contributed by atoms with Crippen molar-refractivity contribution in [2.24, 2.45) is 0 Å². The second-order valence-electron chi connectivity index (χ2n) is 6.89. The molecule has 0 aliphatic carbocycles. The summed E-state index contributed by atoms with van der Waals surface area (Å²) in [5.41, 5.74) is 3.84. The second-order valence-corrected chi connectivity index (χ2v) is 6.89. The Balaban J connectivity index is 1.46. The Kier molecular flexibility index (Phi) is 4.82. The molecule has 0 bridgehead atoms. The molecule has 2 heterocycles. The highest BCUT2D eigenvalue weighted by Crippen LogP contribution is 2.30. The Hall–Kier alpha value is -2.50. The zero-order chi connectivity index (χ0) is 17.9. The van der Waals surface area contributed by atoms with Gasteiger partial charge in [0.1, 0.15) is 5.82 Å². The van der Waals surface area contributed by atoms with Crippen LogP contribution in [-0.4, -0.2) is 39.4 Å². The first-order chi connectivity index (χ1) is 12.7. The Morgan fingerprint density at radius 2 is 2.00 bits per heavy atom. The third-order valence-electron chi connectivity index (χ3n) is 5.12. The molecule has 0 unspecified atom stereocenters. The van der Waals surface area contributed by atoms with Crippen molar-refractivity contribution in [3.8, 4) is 11.3 Å². The number of nitrogens with zero attached hydrogens (tertiary/aromatic N) is 2. The van der Waals surface area contributed by atoms with Crippen molar-refractivity contribution >= 4 is 0 Å². The minimum atomic E-state index is -0.393. The predicted molar refractivity (Wildman–Crippen MR) is 99.1 cm³/mol. The Morgan fingerprint density at radius 1 is 1.15 bits per heavy atom. The van der Waals surface area contributed by atoms with E-state index in [1.165, 1.54) is 17.7 Å². The number of benzene rings is 2. The maximum absolute atomic E-state index is 13.5. The first-order valence-electron chi connectivity index (χ1n) is 8.94. The van der Waals surface area contributed by atoms with Crippen LogP contribution in [0.25, 0.3) is 11.3 Å². The number of aromatic nitrogens is 2. The van der Waals surface area contributed by atoms with Crippen molar-refractivity contribution in [3.63, 3.8) is 0 Å². The Bertz CT molecular complexity index is 864. The second kappa shape index (κ2) is 7.40. The van der Waals surface area contributed by atoms with Crippen LogP contribution in [0.1, 0.15) is 23.5 Å². The fraction of sp³-hybridized carbons (Fsp3) is 0.286. The molecular weight excluding hydrogens is 329 g/mol. The maximum Gasteiger partial charge on any atom is 0.123 e. The number of aromatic amines is 1. The van der Waals surface area contributed by atoms with Crippen molar-refractivity contribution in [1.82, 2.24) is 15.1 Å². The number of likely N-dealkylation sites (tertiary alicyclic amines) is 1. The molecule has 134 valence electrons. The van der Waals surface area contributed by atoms with Gasteiger partial charge in [-0.25, -0.2) is 4.39 Å². The largest absolute Gasteiger partial charge is 0.391 e. The van der Waals surface area contributed by atoms with E-state index in [1.54, 1.807) is 12.3 Å². The molecule has 2 N–H and O–H groups in total. The van der Waals surface area contributed by atoms with E-state index in [1.807, 2.05) is 24.3 Å². The van der Waals surface area contributed by atoms with Gasteiger partial charge >= 0.3 is 0 Å². The van der Waals surface area contributed by atoms with Gasteiger partial charge in [0.25, 0.3) is 0 Å². The smallest absolute Gasteiger partial charge is 0.123 e. The van der Waals surface area contributed by atoms with Crippen LogP contribution in [0.15, 0.2) is 60.8 Å². The summed E-state index contributed by atoms with van der Waals surface area (Å²) in [5.74, 6) is -0.0818. The summed E-state index contributed by atoms with van der Waals surface area (Å²) < 4.78 is 13.5. The number of nitrogens with one attached hydrogen (secondary N) is 1. The molecule has 1 aromatic heterocycles. The van der Waals surface area contributed by atoms with E-state index in [0.717, 1.165) is 29.8 Å². The van der Waals surface area contributed by atoms with Gasteiger partial charge in [-0.1, -0.05) is 42.5 Å². The third kappa shape index (κ3) is 3.54. The molecule has 5 heteroatoms. The molecule has 26 heavy (non-hydrogen) atoms. The van der Waals surface area contributed by atoms with E-state index < -0.39 is 6.10 Å². The quantitative estimate of drug-likeness (QED) is 0.756. The highest BCUT2D eigenvalue weighted by Gasteiger charge is 2.29. The molecule has 1 aliphatic rings. The van der Waals surface area contributed by atoms with Crippen molar-refractivity contribution in [2.45, 2.75) is 25.0 Å². The van der Waals surface area contributed by atoms with Gasteiger partial charge in [0.2, 0.25) is 0 Å². The molecule has 2 aromatic carbocycles. The van der Waals surface area contributed by atoms with Gasteiger partial charge in [-0.05, 0) is 30.7 Å². The molecule has 1 fully saturated rings. The van der Waals surface area contributed by atoms with Crippen LogP contribution >= 0.6 is 0 Å². The number of halogens is 1. The molecule has 0 amide bonds. The van der Waals surface area contributed by atoms with Gasteiger partial charge in [0.15, 0.2) is 0 Å². The van der Waals surface area contributed by atoms with Gasteiger partial charge in [-0.3, -0.25) is 10.00 Å². The molecule has 0 spiro atoms. The van der Waals surface area contributed by atoms with E-state index >= 15 is 0 Å². The van der Waals surface area contributed by atoms with E-state index in [9.17, 15) is 9.50 Å². The van der Waals surface area contributed by atoms with E-state index in [0.29, 0.717) is 13.1 Å². The fourth-order valence-corrected chi connectivity index (χ4v) is 3.80. The average molecular weight is 351 g/mol. The zero-order valence-electron chi connectivity index (χ0n) is 14.5. The lowest BCUT2D eigenvalue weighted by Crippen LogP contribution is -2.42. The van der Waals surface area contributed by atoms with Gasteiger partial charge in [0, 0.05) is 30.1 Å². The van der Waals surface area contributed by atoms with Crippen molar-refractivity contribution in [3.05, 3.63) is 77.7 Å². The van der Waals surface area contributed by atoms with Crippen LogP contribution in [0.2, 0.25) is 0 Å². The monoisotopic (exact) mass is 351 g/mol. The van der Waals surface area contributed by atoms with Gasteiger partial charge in [0.05, 0.1) is 18.0 Å². The van der Waals surface area contributed by atoms with Crippen LogP contribution in [-0.2, 0) is 6.54 Å². The fourth-order valence-electron chi connectivity index (χ4n) is 3.80. The SMILES string of the molecule is O[C@@H]1CN(Cc2cn[nH]c2-c2cccc(F)c2)CC[C@@H]1c1ccccc1. The maximum atomic E-state index is 13.5. The Morgan fingerprint density at radius 3 is 2.77 bits per heavy atom. The predicted octanol–water partition coefficient (Wildman–Crippen LogP) is 3.57. The molecule has 0 saturated carbocycles. The summed E-state index contributed by atoms with van der Waals surface area (Å²) in [7, 11) is 0. The van der Waals surface area contributed by atoms with E-state index in [-0.39, 0.29) is 11.7 Å². The molecule has 1 saturated heterocycles. The molecule has 0 radical (unpaired) electrons. The summed E-state index contributed by atoms with van der Waals surface area (Å²) in [6.07, 6.45) is 2.31. The van der Waals surface area contributed by atoms with Gasteiger partial charge in [-0.2, -0.15) is 5.10 Å². The van der Waals surface area contributed by atoms with Crippen LogP contribution in [0.3, 0.4) is 0 Å². The summed E-state index contributed by atoms with van der Waals surface area (Å²) in [5, 5.41) is 17.7. The van der Waals surface area contributed by atoms with Crippen molar-refractivity contribution in [2.75, 3.05) is 13.1 Å². The van der Waals surface area contributed by atoms with Gasteiger partial charge < -0.3 is 5.11 Å². The molecule has 3 aromatic rings. The van der Waals surface area contributed by atoms with Crippen LogP contribution in [0.5, 0.6) is 0 Å². The highest BCUT2D eigenvalue weighted by molar-refractivity contribution is 5.62. The molecule has 2 atom stereocenters. The summed E-state index contributed by atoms with van der Waals surface area (Å²) in [4.78, 5) is 2.23. The number of aliphatic hydroxyl groups excluding tert-OH is 1. The number of β-amino-alcohol motifs (C(OH)–C–C–N with tert-alkyl or cyclic N) is 1. The normalized spacial score (nSPS) is 21.0. The van der Waals surface area contributed by atoms with Crippen LogP contribution in [0.4, 0.5) is 4.39 Å². The summed E-state index contributed by atoms with van der Waals surface area (Å²) >= 11 is 0. The molecular formula is C21H22FN3O. The number of hydrogen-bond donors (Lipinski definition) is 2. The minimum absolute atomic E-state index is 0.180. The highest BCUT2D eigenvalue weighted by atomic mass is 19.1. The van der Waals surface area contributed by atoms with Gasteiger partial charge in [-0.15, -0.1) is 0 Å². The third-order valence-corrected chi connectivity index (χ3v) is 5.12. The van der Waals surface area contributed by atoms with Crippen LogP contribution in [0, 0.1) is 5.82 Å². The van der Waals surface area contributed by atoms with Crippen LogP contribution < -0.4 is 0 Å². The first-order valence-corrected chi connectivity index (χ1v) is 8.94. The van der Waals surface area contributed by atoms with Crippen molar-refractivity contribution in [1.29, 1.82) is 0 Å². The lowest BCUT2D eigenvalue weighted by Gasteiger charge is -2.36. The zero-order valence-corrected chi connectivity index (χ0v) is 14.5. The topological polar surface area (TPSA) is 52.1 Å². The number of aliphatic hydroxyl groups is 1. The van der Waals surface area contributed by atoms with E-state index in [4.69, 9.17) is 0 Å². The first kappa shape index (κ1) is 16.9. The number of rotatable bonds is 4. The standard InChI is InChI=1S/C21H22FN3O/c22-18-8-4-7-16(11-18)21-17(12-23-24-21)13-25-10-9-19(20(26)14-25)15-5-2-1-3-6-15/h1-8,11-12,19-20,26H,9-10,13-14H2,(H,23,24)/t19-,20-/m1/s1.